The van der Waals surface area contributed by atoms with E-state index in [2.05, 4.69) is 28.2 Å². The van der Waals surface area contributed by atoms with Crippen LogP contribution in [0.3, 0.4) is 0 Å². The number of pyridine rings is 1. The Balaban J connectivity index is 2.05. The molecule has 2 unspecified atom stereocenters. The molecular formula is C15H19N3O6S2. The normalized spacial score (nSPS) is 15.9. The van der Waals surface area contributed by atoms with Gasteiger partial charge < -0.3 is 25.7 Å². The van der Waals surface area contributed by atoms with E-state index in [1.54, 1.807) is 12.1 Å². The number of carbonyl (C=O) groups is 1. The number of aliphatic hydroxyl groups is 4. The summed E-state index contributed by atoms with van der Waals surface area (Å²) in [6.07, 6.45) is -1.42. The number of aromatic nitrogens is 2. The zero-order valence-electron chi connectivity index (χ0n) is 13.5. The minimum atomic E-state index is -1.58. The quantitative estimate of drug-likeness (QED) is 0.138. The van der Waals surface area contributed by atoms with Gasteiger partial charge in [-0.15, -0.1) is 0 Å². The monoisotopic (exact) mass is 401 g/mol. The first-order valence-corrected chi connectivity index (χ1v) is 8.78. The molecule has 5 N–H and O–H groups in total. The average Bonchev–Trinajstić information content (AvgIpc) is 3.13. The van der Waals surface area contributed by atoms with E-state index in [0.717, 1.165) is 11.3 Å². The highest BCUT2D eigenvalue weighted by Crippen LogP contribution is 2.23. The first kappa shape index (κ1) is 20.7. The molecule has 0 aliphatic carbocycles. The Morgan fingerprint density at radius 3 is 2.58 bits per heavy atom. The van der Waals surface area contributed by atoms with Gasteiger partial charge in [-0.3, -0.25) is 14.0 Å². The van der Waals surface area contributed by atoms with Crippen LogP contribution >= 0.6 is 24.2 Å². The molecule has 0 aliphatic heterocycles. The second kappa shape index (κ2) is 9.92. The zero-order valence-corrected chi connectivity index (χ0v) is 15.2. The third kappa shape index (κ3) is 5.20. The summed E-state index contributed by atoms with van der Waals surface area (Å²) in [7, 11) is 0. The smallest absolute Gasteiger partial charge is 0.204 e. The number of carbonyl (C=O) groups excluding carboxylic acids is 1. The topological polar surface area (TPSA) is 145 Å². The SMILES string of the molecule is O=C(c1ccncc1)c1cnc(N[C@@H](OS)C(O)C(O)[C@H](O)CCO)s1. The van der Waals surface area contributed by atoms with Crippen molar-refractivity contribution in [2.24, 2.45) is 0 Å². The molecule has 0 saturated carbocycles. The minimum Gasteiger partial charge on any atom is -0.396 e. The lowest BCUT2D eigenvalue weighted by molar-refractivity contribution is -0.0929. The summed E-state index contributed by atoms with van der Waals surface area (Å²) in [5, 5.41) is 41.4. The molecule has 0 amide bonds. The summed E-state index contributed by atoms with van der Waals surface area (Å²) in [4.78, 5) is 20.6. The van der Waals surface area contributed by atoms with E-state index < -0.39 is 24.5 Å². The molecule has 0 radical (unpaired) electrons. The maximum Gasteiger partial charge on any atom is 0.204 e. The van der Waals surface area contributed by atoms with Crippen LogP contribution in [0.1, 0.15) is 21.7 Å². The number of thiol groups is 1. The Morgan fingerprint density at radius 1 is 1.27 bits per heavy atom. The Bertz CT molecular complexity index is 702. The first-order valence-electron chi connectivity index (χ1n) is 7.60. The predicted octanol–water partition coefficient (Wildman–Crippen LogP) is -0.166. The van der Waals surface area contributed by atoms with Gasteiger partial charge in [0.2, 0.25) is 5.78 Å². The zero-order chi connectivity index (χ0) is 19.1. The Kier molecular flexibility index (Phi) is 7.90. The molecule has 0 spiro atoms. The van der Waals surface area contributed by atoms with Gasteiger partial charge in [-0.1, -0.05) is 11.3 Å². The number of anilines is 1. The highest BCUT2D eigenvalue weighted by molar-refractivity contribution is 7.75. The Morgan fingerprint density at radius 2 is 1.96 bits per heavy atom. The van der Waals surface area contributed by atoms with Gasteiger partial charge in [-0.2, -0.15) is 0 Å². The second-order valence-corrected chi connectivity index (χ2v) is 6.57. The molecule has 0 saturated heterocycles. The van der Waals surface area contributed by atoms with Gasteiger partial charge >= 0.3 is 0 Å². The van der Waals surface area contributed by atoms with Crippen molar-refractivity contribution < 1.29 is 29.4 Å². The van der Waals surface area contributed by atoms with Crippen molar-refractivity contribution in [1.82, 2.24) is 9.97 Å². The molecule has 9 nitrogen and oxygen atoms in total. The second-order valence-electron chi connectivity index (χ2n) is 5.33. The van der Waals surface area contributed by atoms with Gasteiger partial charge in [-0.25, -0.2) is 4.98 Å². The molecule has 26 heavy (non-hydrogen) atoms. The molecule has 0 aromatic carbocycles. The van der Waals surface area contributed by atoms with E-state index in [0.29, 0.717) is 10.4 Å². The molecule has 2 aromatic heterocycles. The number of thiazole rings is 1. The van der Waals surface area contributed by atoms with E-state index in [1.165, 1.54) is 18.6 Å². The third-order valence-electron chi connectivity index (χ3n) is 3.53. The number of hydrogen-bond donors (Lipinski definition) is 6. The lowest BCUT2D eigenvalue weighted by Gasteiger charge is -2.28. The summed E-state index contributed by atoms with van der Waals surface area (Å²) in [5.74, 6) is -0.236. The van der Waals surface area contributed by atoms with Crippen molar-refractivity contribution in [3.63, 3.8) is 0 Å². The van der Waals surface area contributed by atoms with Crippen molar-refractivity contribution in [3.8, 4) is 0 Å². The van der Waals surface area contributed by atoms with Crippen LogP contribution in [0.4, 0.5) is 5.13 Å². The lowest BCUT2D eigenvalue weighted by atomic mass is 10.0. The van der Waals surface area contributed by atoms with Gasteiger partial charge in [0.25, 0.3) is 0 Å². The molecule has 2 aromatic rings. The Hall–Kier alpha value is -1.60. The fourth-order valence-electron chi connectivity index (χ4n) is 2.10. The molecule has 2 heterocycles. The summed E-state index contributed by atoms with van der Waals surface area (Å²) >= 11 is 4.67. The van der Waals surface area contributed by atoms with Crippen LogP contribution in [0.2, 0.25) is 0 Å². The van der Waals surface area contributed by atoms with Crippen LogP contribution in [0.5, 0.6) is 0 Å². The molecule has 0 fully saturated rings. The predicted molar refractivity (Wildman–Crippen MR) is 97.0 cm³/mol. The van der Waals surface area contributed by atoms with Gasteiger partial charge in [0.1, 0.15) is 12.2 Å². The van der Waals surface area contributed by atoms with Gasteiger partial charge in [-0.05, 0) is 31.5 Å². The van der Waals surface area contributed by atoms with Crippen molar-refractivity contribution in [2.75, 3.05) is 11.9 Å². The minimum absolute atomic E-state index is 0.112. The van der Waals surface area contributed by atoms with Gasteiger partial charge in [0, 0.05) is 24.6 Å². The van der Waals surface area contributed by atoms with Crippen LogP contribution in [-0.2, 0) is 4.18 Å². The number of nitrogens with one attached hydrogen (secondary N) is 1. The van der Waals surface area contributed by atoms with Crippen molar-refractivity contribution in [2.45, 2.75) is 31.0 Å². The number of nitrogens with zero attached hydrogens (tertiary/aromatic N) is 2. The highest BCUT2D eigenvalue weighted by Gasteiger charge is 2.32. The number of ketones is 1. The highest BCUT2D eigenvalue weighted by atomic mass is 32.1. The summed E-state index contributed by atoms with van der Waals surface area (Å²) in [6.45, 7) is -0.349. The van der Waals surface area contributed by atoms with Crippen LogP contribution in [0.15, 0.2) is 30.7 Å². The lowest BCUT2D eigenvalue weighted by Crippen LogP contribution is -2.48. The van der Waals surface area contributed by atoms with E-state index in [1.807, 2.05) is 0 Å². The largest absolute Gasteiger partial charge is 0.396 e. The maximum absolute atomic E-state index is 12.3. The van der Waals surface area contributed by atoms with Crippen LogP contribution in [0, 0.1) is 0 Å². The van der Waals surface area contributed by atoms with Gasteiger partial charge in [0.05, 0.1) is 17.2 Å². The van der Waals surface area contributed by atoms with E-state index >= 15 is 0 Å². The maximum atomic E-state index is 12.3. The third-order valence-corrected chi connectivity index (χ3v) is 4.68. The van der Waals surface area contributed by atoms with E-state index in [9.17, 15) is 20.1 Å². The Labute approximate surface area is 158 Å². The van der Waals surface area contributed by atoms with Crippen LogP contribution < -0.4 is 5.32 Å². The first-order chi connectivity index (χ1) is 12.5. The standard InChI is InChI=1S/C15H19N3O6S2/c19-6-3-9(20)12(22)13(23)14(24-25)18-15-17-7-10(26-15)11(21)8-1-4-16-5-2-8/h1-2,4-5,7,9,12-14,19-20,22-23,25H,3,6H2,(H,17,18)/t9-,12?,13?,14+/m1/s1. The summed E-state index contributed by atoms with van der Waals surface area (Å²) < 4.78 is 4.79. The fourth-order valence-corrected chi connectivity index (χ4v) is 3.08. The summed E-state index contributed by atoms with van der Waals surface area (Å²) in [5.41, 5.74) is 0.458. The van der Waals surface area contributed by atoms with Crippen LogP contribution in [-0.4, -0.2) is 67.3 Å². The molecule has 142 valence electrons. The van der Waals surface area contributed by atoms with E-state index in [4.69, 9.17) is 9.29 Å². The summed E-state index contributed by atoms with van der Waals surface area (Å²) in [6, 6.07) is 3.16. The number of rotatable bonds is 10. The van der Waals surface area contributed by atoms with E-state index in [-0.39, 0.29) is 23.9 Å². The molecule has 0 aliphatic rings. The van der Waals surface area contributed by atoms with Crippen LogP contribution in [0.25, 0.3) is 0 Å². The van der Waals surface area contributed by atoms with Crippen molar-refractivity contribution in [3.05, 3.63) is 41.2 Å². The van der Waals surface area contributed by atoms with Gasteiger partial charge in [0.15, 0.2) is 11.4 Å². The molecule has 2 rings (SSSR count). The molecule has 11 heteroatoms. The molecule has 0 bridgehead atoms. The fraction of sp³-hybridized carbons (Fsp3) is 0.400. The number of aliphatic hydroxyl groups excluding tert-OH is 4. The number of hydrogen-bond acceptors (Lipinski definition) is 11. The average molecular weight is 401 g/mol. The molecule has 4 atom stereocenters. The van der Waals surface area contributed by atoms with Crippen molar-refractivity contribution >= 4 is 35.2 Å². The molecular weight excluding hydrogens is 382 g/mol. The van der Waals surface area contributed by atoms with Crippen molar-refractivity contribution in [1.29, 1.82) is 0 Å².